The van der Waals surface area contributed by atoms with Crippen molar-refractivity contribution in [2.75, 3.05) is 67.5 Å². The predicted molar refractivity (Wildman–Crippen MR) is 131 cm³/mol. The Kier molecular flexibility index (Phi) is 13.5. The van der Waals surface area contributed by atoms with Crippen LogP contribution in [0.5, 0.6) is 0 Å². The van der Waals surface area contributed by atoms with Crippen LogP contribution >= 0.6 is 7.82 Å². The molecule has 0 bridgehead atoms. The smallest absolute Gasteiger partial charge is 0.432 e. The molecule has 0 spiro atoms. The quantitative estimate of drug-likeness (QED) is 0.0851. The molecule has 0 radical (unpaired) electrons. The standard InChI is InChI=1S/C21H32FN2O17P/c1-20(30)15(26)21(10-22,41-16(20)24-5-4-14(25)23-17(24)27)11-38-42(31,39-12-36-18(28)34-8-6-32-2)40-13-37-19(29)35-9-7-33-3/h4-5,15-16,26,30H,6-13H2,1-3H3,(H,23,25,27)/t15-,16?,20+,21+/m0/s1. The highest BCUT2D eigenvalue weighted by atomic mass is 31.2. The van der Waals surface area contributed by atoms with Crippen molar-refractivity contribution in [3.05, 3.63) is 33.1 Å². The first kappa shape index (κ1) is 35.3. The van der Waals surface area contributed by atoms with Crippen molar-refractivity contribution in [1.82, 2.24) is 9.55 Å². The zero-order valence-electron chi connectivity index (χ0n) is 22.8. The number of halogens is 1. The van der Waals surface area contributed by atoms with Crippen molar-refractivity contribution in [2.24, 2.45) is 0 Å². The van der Waals surface area contributed by atoms with Crippen LogP contribution in [0.3, 0.4) is 0 Å². The fourth-order valence-electron chi connectivity index (χ4n) is 3.36. The highest BCUT2D eigenvalue weighted by Crippen LogP contribution is 2.52. The Morgan fingerprint density at radius 1 is 1.02 bits per heavy atom. The largest absolute Gasteiger partial charge is 0.510 e. The molecule has 2 rings (SSSR count). The van der Waals surface area contributed by atoms with Crippen molar-refractivity contribution in [1.29, 1.82) is 0 Å². The summed E-state index contributed by atoms with van der Waals surface area (Å²) in [6, 6.07) is 0.912. The van der Waals surface area contributed by atoms with Crippen molar-refractivity contribution in [2.45, 2.75) is 30.5 Å². The lowest BCUT2D eigenvalue weighted by molar-refractivity contribution is -0.141. The number of carbonyl (C=O) groups is 2. The summed E-state index contributed by atoms with van der Waals surface area (Å²) in [5.41, 5.74) is -6.70. The molecule has 4 atom stereocenters. The van der Waals surface area contributed by atoms with Gasteiger partial charge in [0.1, 0.15) is 31.6 Å². The van der Waals surface area contributed by atoms with E-state index < -0.39 is 81.8 Å². The lowest BCUT2D eigenvalue weighted by atomic mass is 9.88. The molecular formula is C21H32FN2O17P. The summed E-state index contributed by atoms with van der Waals surface area (Å²) in [5.74, 6) is 0. The highest BCUT2D eigenvalue weighted by molar-refractivity contribution is 7.48. The normalized spacial score (nSPS) is 23.9. The van der Waals surface area contributed by atoms with Crippen molar-refractivity contribution in [3.8, 4) is 0 Å². The number of aromatic nitrogens is 2. The number of hydrogen-bond donors (Lipinski definition) is 3. The summed E-state index contributed by atoms with van der Waals surface area (Å²) in [6.07, 6.45) is -5.50. The van der Waals surface area contributed by atoms with E-state index in [4.69, 9.17) is 27.8 Å². The molecule has 1 aliphatic rings. The third-order valence-corrected chi connectivity index (χ3v) is 6.77. The van der Waals surface area contributed by atoms with Crippen LogP contribution < -0.4 is 11.2 Å². The lowest BCUT2D eigenvalue weighted by Crippen LogP contribution is -2.53. The topological polar surface area (TPSA) is 239 Å². The van der Waals surface area contributed by atoms with Gasteiger partial charge in [0.15, 0.2) is 11.8 Å². The molecule has 1 aromatic heterocycles. The van der Waals surface area contributed by atoms with E-state index in [0.717, 1.165) is 19.2 Å². The Morgan fingerprint density at radius 2 is 1.57 bits per heavy atom. The summed E-state index contributed by atoms with van der Waals surface area (Å²) < 4.78 is 76.4. The number of rotatable bonds is 17. The number of aliphatic hydroxyl groups excluding tert-OH is 1. The Balaban J connectivity index is 2.17. The average Bonchev–Trinajstić information content (AvgIpc) is 3.13. The summed E-state index contributed by atoms with van der Waals surface area (Å²) in [5, 5.41) is 21.7. The van der Waals surface area contributed by atoms with Crippen LogP contribution in [0.25, 0.3) is 0 Å². The van der Waals surface area contributed by atoms with E-state index in [1.54, 1.807) is 0 Å². The average molecular weight is 634 g/mol. The third-order valence-electron chi connectivity index (χ3n) is 5.49. The predicted octanol–water partition coefficient (Wildman–Crippen LogP) is -0.442. The minimum atomic E-state index is -4.95. The van der Waals surface area contributed by atoms with Crippen molar-refractivity contribution < 1.29 is 75.5 Å². The van der Waals surface area contributed by atoms with E-state index >= 15 is 0 Å². The van der Waals surface area contributed by atoms with Crippen LogP contribution in [0.15, 0.2) is 21.9 Å². The van der Waals surface area contributed by atoms with Crippen LogP contribution in [0, 0.1) is 0 Å². The maximum absolute atomic E-state index is 14.4. The molecule has 3 N–H and O–H groups in total. The number of nitrogens with zero attached hydrogens (tertiary/aromatic N) is 1. The molecule has 19 nitrogen and oxygen atoms in total. The number of methoxy groups -OCH3 is 2. The molecular weight excluding hydrogens is 602 g/mol. The SMILES string of the molecule is COCCOC(=O)OCOP(=O)(OCOC(=O)OCCOC)OC[C@@]1(CF)OC(n2ccc(=O)[nH]c2=O)[C@](C)(O)[C@@H]1O. The second-order valence-electron chi connectivity index (χ2n) is 8.50. The number of H-pyrrole nitrogens is 1. The summed E-state index contributed by atoms with van der Waals surface area (Å²) in [4.78, 5) is 48.8. The van der Waals surface area contributed by atoms with E-state index in [9.17, 15) is 38.3 Å². The molecule has 1 unspecified atom stereocenters. The number of phosphoric ester groups is 1. The van der Waals surface area contributed by atoms with Gasteiger partial charge >= 0.3 is 25.8 Å². The van der Waals surface area contributed by atoms with Crippen molar-refractivity contribution >= 4 is 20.1 Å². The molecule has 240 valence electrons. The summed E-state index contributed by atoms with van der Waals surface area (Å²) in [7, 11) is -2.24. The maximum atomic E-state index is 14.4. The Labute approximate surface area is 236 Å². The molecule has 0 saturated carbocycles. The number of aliphatic hydroxyl groups is 2. The van der Waals surface area contributed by atoms with Crippen LogP contribution in [0.4, 0.5) is 14.0 Å². The van der Waals surface area contributed by atoms with Gasteiger partial charge in [0.05, 0.1) is 19.8 Å². The van der Waals surface area contributed by atoms with E-state index in [1.807, 2.05) is 4.98 Å². The van der Waals surface area contributed by atoms with E-state index in [2.05, 4.69) is 18.9 Å². The first-order valence-corrected chi connectivity index (χ1v) is 13.4. The molecule has 21 heteroatoms. The number of ether oxygens (including phenoxy) is 7. The summed E-state index contributed by atoms with van der Waals surface area (Å²) >= 11 is 0. The molecule has 1 saturated heterocycles. The Morgan fingerprint density at radius 3 is 2.05 bits per heavy atom. The fourth-order valence-corrected chi connectivity index (χ4v) is 4.32. The molecule has 1 aromatic rings. The number of alkyl halides is 1. The van der Waals surface area contributed by atoms with Crippen molar-refractivity contribution in [3.63, 3.8) is 0 Å². The fraction of sp³-hybridized carbons (Fsp3) is 0.714. The monoisotopic (exact) mass is 634 g/mol. The minimum Gasteiger partial charge on any atom is -0.432 e. The van der Waals surface area contributed by atoms with Crippen LogP contribution in [-0.2, 0) is 51.3 Å². The second-order valence-corrected chi connectivity index (χ2v) is 10.2. The zero-order valence-corrected chi connectivity index (χ0v) is 23.7. The van der Waals surface area contributed by atoms with E-state index in [1.165, 1.54) is 14.2 Å². The van der Waals surface area contributed by atoms with Gasteiger partial charge in [-0.1, -0.05) is 0 Å². The number of phosphoric acid groups is 1. The van der Waals surface area contributed by atoms with E-state index in [0.29, 0.717) is 4.57 Å². The van der Waals surface area contributed by atoms with Gasteiger partial charge in [-0.3, -0.25) is 18.9 Å². The van der Waals surface area contributed by atoms with Gasteiger partial charge in [0.25, 0.3) is 5.56 Å². The van der Waals surface area contributed by atoms with Gasteiger partial charge in [-0.15, -0.1) is 0 Å². The Bertz CT molecular complexity index is 1160. The lowest BCUT2D eigenvalue weighted by Gasteiger charge is -2.31. The second kappa shape index (κ2) is 16.1. The number of aromatic amines is 1. The molecule has 1 aliphatic heterocycles. The van der Waals surface area contributed by atoms with Gasteiger partial charge in [-0.25, -0.2) is 32.4 Å². The maximum Gasteiger partial charge on any atom is 0.510 e. The number of carbonyl (C=O) groups excluding carboxylic acids is 2. The van der Waals surface area contributed by atoms with Gasteiger partial charge in [-0.2, -0.15) is 0 Å². The number of hydrogen-bond acceptors (Lipinski definition) is 17. The van der Waals surface area contributed by atoms with E-state index in [-0.39, 0.29) is 26.4 Å². The van der Waals surface area contributed by atoms with Gasteiger partial charge in [0.2, 0.25) is 13.6 Å². The van der Waals surface area contributed by atoms with Gasteiger partial charge < -0.3 is 43.4 Å². The first-order valence-electron chi connectivity index (χ1n) is 11.9. The molecule has 2 heterocycles. The van der Waals surface area contributed by atoms with Crippen LogP contribution in [0.2, 0.25) is 0 Å². The third kappa shape index (κ3) is 9.54. The van der Waals surface area contributed by atoms with Gasteiger partial charge in [0, 0.05) is 26.5 Å². The molecule has 0 aliphatic carbocycles. The molecule has 0 amide bonds. The molecule has 1 fully saturated rings. The minimum absolute atomic E-state index is 0.0437. The highest BCUT2D eigenvalue weighted by Gasteiger charge is 2.63. The molecule has 0 aromatic carbocycles. The first-order chi connectivity index (χ1) is 19.8. The van der Waals surface area contributed by atoms with Crippen LogP contribution in [0.1, 0.15) is 13.2 Å². The molecule has 42 heavy (non-hydrogen) atoms. The van der Waals surface area contributed by atoms with Crippen LogP contribution in [-0.4, -0.2) is 117 Å². The summed E-state index contributed by atoms with van der Waals surface area (Å²) in [6.45, 7) is -4.24. The van der Waals surface area contributed by atoms with Gasteiger partial charge in [-0.05, 0) is 6.92 Å². The Hall–Kier alpha value is -2.94. The zero-order chi connectivity index (χ0) is 31.4. The number of nitrogens with one attached hydrogen (secondary N) is 1.